The summed E-state index contributed by atoms with van der Waals surface area (Å²) in [6.45, 7) is 2.90. The maximum atomic E-state index is 10.1. The summed E-state index contributed by atoms with van der Waals surface area (Å²) in [7, 11) is 0. The van der Waals surface area contributed by atoms with E-state index in [0.717, 1.165) is 0 Å². The Kier molecular flexibility index (Phi) is 35.4. The van der Waals surface area contributed by atoms with E-state index in [9.17, 15) is 4.79 Å². The average molecular weight is 262 g/mol. The number of phenolic OH excluding ortho intramolecular Hbond substituents is 1. The van der Waals surface area contributed by atoms with E-state index in [4.69, 9.17) is 10.5 Å². The number of aromatic hydroxyl groups is 1. The standard InChI is InChI=1S/C7H6O2.C2H3N.3H2O.Ti/c8-5-6-3-1-2-4-7(6)9;1-2-3;;;;/h1-5,9H;3H,1H2;3*1H2;/p-3. The Balaban J connectivity index is -0.0000000528. The minimum Gasteiger partial charge on any atom is -0.870 e. The van der Waals surface area contributed by atoms with Crippen LogP contribution in [0.25, 0.3) is 0 Å². The molecule has 0 aromatic heterocycles. The number of carbonyl (C=O) groups is 1. The van der Waals surface area contributed by atoms with Crippen molar-refractivity contribution in [2.24, 2.45) is 0 Å². The van der Waals surface area contributed by atoms with Gasteiger partial charge in [-0.15, -0.1) is 0 Å². The van der Waals surface area contributed by atoms with Crippen LogP contribution in [0.5, 0.6) is 5.75 Å². The third-order valence-corrected chi connectivity index (χ3v) is 1.06. The molecule has 0 bridgehead atoms. The maximum absolute atomic E-state index is 10.1. The fraction of sp³-hybridized carbons (Fsp3) is 0. The van der Waals surface area contributed by atoms with Gasteiger partial charge in [0.1, 0.15) is 5.75 Å². The molecule has 0 saturated heterocycles. The van der Waals surface area contributed by atoms with E-state index in [1.54, 1.807) is 24.1 Å². The monoisotopic (exact) mass is 262 g/mol. The van der Waals surface area contributed by atoms with Crippen molar-refractivity contribution in [1.29, 1.82) is 5.41 Å². The molecule has 0 aliphatic rings. The first kappa shape index (κ1) is 29.3. The molecule has 0 radical (unpaired) electrons. The van der Waals surface area contributed by atoms with Gasteiger partial charge in [0, 0.05) is 21.7 Å². The molecule has 0 aliphatic heterocycles. The predicted octanol–water partition coefficient (Wildman–Crippen LogP) is 1.09. The first-order valence-corrected chi connectivity index (χ1v) is 3.18. The Labute approximate surface area is 108 Å². The van der Waals surface area contributed by atoms with Crippen molar-refractivity contribution < 1.29 is 48.0 Å². The first-order valence-electron chi connectivity index (χ1n) is 3.18. The zero-order chi connectivity index (χ0) is 9.40. The van der Waals surface area contributed by atoms with Gasteiger partial charge in [0.05, 0.1) is 5.56 Å². The Hall–Kier alpha value is -1.27. The van der Waals surface area contributed by atoms with Crippen LogP contribution in [0.1, 0.15) is 10.4 Å². The van der Waals surface area contributed by atoms with Gasteiger partial charge in [-0.05, 0) is 24.6 Å². The minimum absolute atomic E-state index is 0. The second-order valence-electron chi connectivity index (χ2n) is 1.85. The van der Waals surface area contributed by atoms with Gasteiger partial charge in [0.25, 0.3) is 0 Å². The first-order chi connectivity index (χ1) is 5.76. The van der Waals surface area contributed by atoms with Gasteiger partial charge in [-0.1, -0.05) is 12.1 Å². The molecule has 1 rings (SSSR count). The van der Waals surface area contributed by atoms with Gasteiger partial charge in [-0.2, -0.15) is 0 Å². The number of hydrogen-bond acceptors (Lipinski definition) is 6. The molecule has 90 valence electrons. The largest absolute Gasteiger partial charge is 0.870 e. The van der Waals surface area contributed by atoms with E-state index in [2.05, 4.69) is 6.58 Å². The summed E-state index contributed by atoms with van der Waals surface area (Å²) in [4.78, 5) is 10.1. The second kappa shape index (κ2) is 19.3. The minimum atomic E-state index is 0. The summed E-state index contributed by atoms with van der Waals surface area (Å²) in [6, 6.07) is 6.40. The molecule has 1 aromatic rings. The SMILES string of the molecule is C=C=N.O=Cc1ccccc1O.[OH-].[OH-].[OH-].[Ti]. The van der Waals surface area contributed by atoms with Crippen molar-refractivity contribution >= 4 is 12.2 Å². The number of aldehydes is 1. The Morgan fingerprint density at radius 1 is 1.25 bits per heavy atom. The third kappa shape index (κ3) is 12.7. The van der Waals surface area contributed by atoms with Crippen molar-refractivity contribution in [2.45, 2.75) is 0 Å². The van der Waals surface area contributed by atoms with E-state index in [1.165, 1.54) is 6.07 Å². The number of phenols is 1. The van der Waals surface area contributed by atoms with E-state index >= 15 is 0 Å². The smallest absolute Gasteiger partial charge is 0.153 e. The third-order valence-electron chi connectivity index (χ3n) is 1.06. The van der Waals surface area contributed by atoms with Crippen molar-refractivity contribution in [3.05, 3.63) is 36.4 Å². The maximum Gasteiger partial charge on any atom is 0.153 e. The van der Waals surface area contributed by atoms with Crippen LogP contribution in [-0.4, -0.2) is 33.7 Å². The van der Waals surface area contributed by atoms with Crippen LogP contribution >= 0.6 is 0 Å². The summed E-state index contributed by atoms with van der Waals surface area (Å²) in [6.07, 6.45) is 0.620. The van der Waals surface area contributed by atoms with Crippen LogP contribution in [0.2, 0.25) is 0 Å². The number of nitrogens with one attached hydrogen (secondary N) is 1. The molecule has 6 nitrogen and oxygen atoms in total. The number of rotatable bonds is 1. The van der Waals surface area contributed by atoms with Crippen LogP contribution in [0, 0.1) is 5.41 Å². The van der Waals surface area contributed by atoms with E-state index in [-0.39, 0.29) is 43.9 Å². The van der Waals surface area contributed by atoms with Gasteiger partial charge in [-0.25, -0.2) is 0 Å². The van der Waals surface area contributed by atoms with Crippen LogP contribution in [0.15, 0.2) is 30.8 Å². The number of hydrogen-bond donors (Lipinski definition) is 2. The van der Waals surface area contributed by atoms with Crippen molar-refractivity contribution in [3.63, 3.8) is 0 Å². The molecule has 0 saturated carbocycles. The van der Waals surface area contributed by atoms with Crippen molar-refractivity contribution in [2.75, 3.05) is 0 Å². The summed E-state index contributed by atoms with van der Waals surface area (Å²) in [5.41, 5.74) is 0.331. The molecular formula is C9H12NO5Ti-3. The summed E-state index contributed by atoms with van der Waals surface area (Å²) >= 11 is 0. The van der Waals surface area contributed by atoms with Crippen LogP contribution < -0.4 is 0 Å². The van der Waals surface area contributed by atoms with Gasteiger partial charge in [-0.3, -0.25) is 10.2 Å². The topological polar surface area (TPSA) is 151 Å². The molecule has 0 spiro atoms. The predicted molar refractivity (Wildman–Crippen MR) is 52.7 cm³/mol. The zero-order valence-corrected chi connectivity index (χ0v) is 9.85. The number of para-hydroxylation sites is 1. The summed E-state index contributed by atoms with van der Waals surface area (Å²) < 4.78 is 0. The Morgan fingerprint density at radius 3 is 1.88 bits per heavy atom. The normalized spacial score (nSPS) is 5.50. The molecule has 1 aromatic carbocycles. The molecule has 16 heavy (non-hydrogen) atoms. The van der Waals surface area contributed by atoms with Crippen LogP contribution in [-0.2, 0) is 21.7 Å². The van der Waals surface area contributed by atoms with Crippen molar-refractivity contribution in [3.8, 4) is 5.75 Å². The molecule has 0 amide bonds. The van der Waals surface area contributed by atoms with E-state index in [0.29, 0.717) is 11.8 Å². The number of carbonyl (C=O) groups excluding carboxylic acids is 1. The molecule has 5 N–H and O–H groups in total. The summed E-state index contributed by atoms with van der Waals surface area (Å²) in [5.74, 6) is 1.78. The molecule has 0 heterocycles. The molecule has 7 heteroatoms. The quantitative estimate of drug-likeness (QED) is 0.440. The average Bonchev–Trinajstić information content (AvgIpc) is 2.07. The van der Waals surface area contributed by atoms with Gasteiger partial charge in [0.2, 0.25) is 0 Å². The second-order valence-corrected chi connectivity index (χ2v) is 1.85. The zero-order valence-electron chi connectivity index (χ0n) is 8.29. The number of benzene rings is 1. The van der Waals surface area contributed by atoms with Crippen molar-refractivity contribution in [1.82, 2.24) is 0 Å². The fourth-order valence-electron chi connectivity index (χ4n) is 0.587. The van der Waals surface area contributed by atoms with Crippen LogP contribution in [0.4, 0.5) is 0 Å². The van der Waals surface area contributed by atoms with Gasteiger partial charge in [0.15, 0.2) is 6.29 Å². The Bertz CT molecular complexity index is 300. The van der Waals surface area contributed by atoms with Gasteiger partial charge < -0.3 is 21.5 Å². The molecule has 0 aliphatic carbocycles. The molecule has 0 fully saturated rings. The van der Waals surface area contributed by atoms with Crippen LogP contribution in [0.3, 0.4) is 0 Å². The molecule has 0 unspecified atom stereocenters. The molecule has 0 atom stereocenters. The van der Waals surface area contributed by atoms with E-state index in [1.807, 2.05) is 0 Å². The fourth-order valence-corrected chi connectivity index (χ4v) is 0.587. The summed E-state index contributed by atoms with van der Waals surface area (Å²) in [5, 5.41) is 14.7. The molecular weight excluding hydrogens is 250 g/mol. The van der Waals surface area contributed by atoms with Gasteiger partial charge >= 0.3 is 0 Å². The Morgan fingerprint density at radius 2 is 1.62 bits per heavy atom. The van der Waals surface area contributed by atoms with E-state index < -0.39 is 0 Å².